The van der Waals surface area contributed by atoms with Crippen LogP contribution in [0.3, 0.4) is 0 Å². The van der Waals surface area contributed by atoms with Crippen LogP contribution in [-0.4, -0.2) is 43.7 Å². The molecular formula is C19H26N2O7. The van der Waals surface area contributed by atoms with Gasteiger partial charge < -0.3 is 19.5 Å². The molecule has 0 unspecified atom stereocenters. The molecule has 9 nitrogen and oxygen atoms in total. The largest absolute Gasteiger partial charge is 0.493 e. The molecule has 1 amide bonds. The van der Waals surface area contributed by atoms with E-state index in [-0.39, 0.29) is 23.1 Å². The zero-order valence-corrected chi connectivity index (χ0v) is 16.5. The first-order valence-corrected chi connectivity index (χ1v) is 9.15. The lowest BCUT2D eigenvalue weighted by Gasteiger charge is -2.34. The van der Waals surface area contributed by atoms with E-state index < -0.39 is 29.1 Å². The number of nitrogens with zero attached hydrogens (tertiary/aromatic N) is 1. The number of rotatable bonds is 7. The Labute approximate surface area is 163 Å². The molecule has 1 aromatic rings. The lowest BCUT2D eigenvalue weighted by atomic mass is 9.78. The third-order valence-electron chi connectivity index (χ3n) is 5.31. The first-order valence-electron chi connectivity index (χ1n) is 9.15. The Morgan fingerprint density at radius 1 is 1.18 bits per heavy atom. The van der Waals surface area contributed by atoms with Crippen molar-refractivity contribution in [3.05, 3.63) is 27.8 Å². The molecule has 28 heavy (non-hydrogen) atoms. The number of nitro benzene ring substituents is 1. The zero-order valence-electron chi connectivity index (χ0n) is 16.5. The van der Waals surface area contributed by atoms with E-state index in [0.29, 0.717) is 11.8 Å². The van der Waals surface area contributed by atoms with Crippen LogP contribution in [0.25, 0.3) is 0 Å². The molecule has 0 aromatic heterocycles. The van der Waals surface area contributed by atoms with E-state index in [1.165, 1.54) is 20.3 Å². The van der Waals surface area contributed by atoms with Crippen molar-refractivity contribution >= 4 is 17.6 Å². The summed E-state index contributed by atoms with van der Waals surface area (Å²) in [5, 5.41) is 14.2. The molecule has 1 aliphatic carbocycles. The molecule has 1 aromatic carbocycles. The second kappa shape index (κ2) is 9.38. The number of benzene rings is 1. The molecule has 0 radical (unpaired) electrons. The van der Waals surface area contributed by atoms with Gasteiger partial charge in [0, 0.05) is 12.1 Å². The summed E-state index contributed by atoms with van der Waals surface area (Å²) < 4.78 is 15.1. The highest BCUT2D eigenvalue weighted by Crippen LogP contribution is 2.35. The monoisotopic (exact) mass is 394 g/mol. The van der Waals surface area contributed by atoms with Gasteiger partial charge in [0.15, 0.2) is 18.1 Å². The lowest BCUT2D eigenvalue weighted by Crippen LogP contribution is -2.45. The summed E-state index contributed by atoms with van der Waals surface area (Å²) in [5.41, 5.74) is -0.798. The number of nitro groups is 1. The van der Waals surface area contributed by atoms with Crippen LogP contribution in [0.2, 0.25) is 0 Å². The van der Waals surface area contributed by atoms with Gasteiger partial charge in [-0.15, -0.1) is 0 Å². The summed E-state index contributed by atoms with van der Waals surface area (Å²) >= 11 is 0. The average molecular weight is 394 g/mol. The third kappa shape index (κ3) is 4.90. The SMILES string of the molecule is COc1cc(C(=O)OCC(=O)N[C@H]2CCC[C@@H](C)[C@@H]2C)c([N+](=O)[O-])cc1OC. The normalized spacial score (nSPS) is 21.5. The summed E-state index contributed by atoms with van der Waals surface area (Å²) in [6.07, 6.45) is 3.05. The van der Waals surface area contributed by atoms with Gasteiger partial charge in [0.2, 0.25) is 0 Å². The number of hydrogen-bond acceptors (Lipinski definition) is 7. The molecule has 0 spiro atoms. The van der Waals surface area contributed by atoms with E-state index in [0.717, 1.165) is 25.3 Å². The molecule has 1 fully saturated rings. The van der Waals surface area contributed by atoms with Crippen molar-refractivity contribution in [2.75, 3.05) is 20.8 Å². The molecule has 0 saturated heterocycles. The number of methoxy groups -OCH3 is 2. The molecule has 154 valence electrons. The van der Waals surface area contributed by atoms with Gasteiger partial charge in [-0.1, -0.05) is 26.7 Å². The highest BCUT2D eigenvalue weighted by Gasteiger charge is 2.29. The Morgan fingerprint density at radius 2 is 1.82 bits per heavy atom. The minimum atomic E-state index is -0.979. The quantitative estimate of drug-likeness (QED) is 0.429. The third-order valence-corrected chi connectivity index (χ3v) is 5.31. The summed E-state index contributed by atoms with van der Waals surface area (Å²) in [6, 6.07) is 2.29. The van der Waals surface area contributed by atoms with Gasteiger partial charge in [0.1, 0.15) is 5.56 Å². The van der Waals surface area contributed by atoms with Crippen molar-refractivity contribution in [3.8, 4) is 11.5 Å². The number of carbonyl (C=O) groups excluding carboxylic acids is 2. The molecule has 1 N–H and O–H groups in total. The maximum Gasteiger partial charge on any atom is 0.345 e. The van der Waals surface area contributed by atoms with E-state index >= 15 is 0 Å². The van der Waals surface area contributed by atoms with Crippen LogP contribution in [0.1, 0.15) is 43.5 Å². The standard InChI is InChI=1S/C19H26N2O7/c1-11-6-5-7-14(12(11)2)20-18(22)10-28-19(23)13-8-16(26-3)17(27-4)9-15(13)21(24)25/h8-9,11-12,14H,5-7,10H2,1-4H3,(H,20,22)/t11-,12+,14+/m1/s1. The molecule has 9 heteroatoms. The van der Waals surface area contributed by atoms with Gasteiger partial charge in [-0.3, -0.25) is 14.9 Å². The van der Waals surface area contributed by atoms with Gasteiger partial charge in [0.05, 0.1) is 25.2 Å². The summed E-state index contributed by atoms with van der Waals surface area (Å²) in [4.78, 5) is 35.1. The first kappa shape index (κ1) is 21.5. The number of nitrogens with one attached hydrogen (secondary N) is 1. The second-order valence-corrected chi connectivity index (χ2v) is 7.00. The van der Waals surface area contributed by atoms with Gasteiger partial charge in [-0.25, -0.2) is 4.79 Å². The fourth-order valence-corrected chi connectivity index (χ4v) is 3.43. The first-order chi connectivity index (χ1) is 13.3. The minimum Gasteiger partial charge on any atom is -0.493 e. The number of esters is 1. The Balaban J connectivity index is 2.06. The Kier molecular flexibility index (Phi) is 7.19. The molecule has 0 heterocycles. The van der Waals surface area contributed by atoms with Crippen LogP contribution >= 0.6 is 0 Å². The number of carbonyl (C=O) groups is 2. The highest BCUT2D eigenvalue weighted by atomic mass is 16.6. The topological polar surface area (TPSA) is 117 Å². The van der Waals surface area contributed by atoms with Crippen LogP contribution in [0.15, 0.2) is 12.1 Å². The Hall–Kier alpha value is -2.84. The fourth-order valence-electron chi connectivity index (χ4n) is 3.43. The molecule has 1 aliphatic rings. The summed E-state index contributed by atoms with van der Waals surface area (Å²) in [7, 11) is 2.68. The van der Waals surface area contributed by atoms with Crippen LogP contribution in [0, 0.1) is 22.0 Å². The summed E-state index contributed by atoms with van der Waals surface area (Å²) in [6.45, 7) is 3.73. The van der Waals surface area contributed by atoms with Crippen molar-refractivity contribution in [3.63, 3.8) is 0 Å². The molecule has 1 saturated carbocycles. The van der Waals surface area contributed by atoms with Gasteiger partial charge in [0.25, 0.3) is 11.6 Å². The van der Waals surface area contributed by atoms with E-state index in [4.69, 9.17) is 14.2 Å². The lowest BCUT2D eigenvalue weighted by molar-refractivity contribution is -0.385. The predicted octanol–water partition coefficient (Wildman–Crippen LogP) is 2.71. The maximum absolute atomic E-state index is 12.3. The molecular weight excluding hydrogens is 368 g/mol. The highest BCUT2D eigenvalue weighted by molar-refractivity contribution is 5.96. The number of ether oxygens (including phenoxy) is 3. The van der Waals surface area contributed by atoms with Crippen LogP contribution in [-0.2, 0) is 9.53 Å². The van der Waals surface area contributed by atoms with Crippen molar-refractivity contribution < 1.29 is 28.7 Å². The van der Waals surface area contributed by atoms with E-state index in [9.17, 15) is 19.7 Å². The summed E-state index contributed by atoms with van der Waals surface area (Å²) in [5.74, 6) is -0.301. The minimum absolute atomic E-state index is 0.0327. The van der Waals surface area contributed by atoms with Crippen LogP contribution in [0.5, 0.6) is 11.5 Å². The van der Waals surface area contributed by atoms with E-state index in [2.05, 4.69) is 19.2 Å². The van der Waals surface area contributed by atoms with Crippen molar-refractivity contribution in [2.24, 2.45) is 11.8 Å². The number of amides is 1. The Bertz CT molecular complexity index is 750. The van der Waals surface area contributed by atoms with Crippen molar-refractivity contribution in [1.82, 2.24) is 5.32 Å². The van der Waals surface area contributed by atoms with Crippen molar-refractivity contribution in [2.45, 2.75) is 39.2 Å². The van der Waals surface area contributed by atoms with E-state index in [1.54, 1.807) is 0 Å². The molecule has 0 aliphatic heterocycles. The smallest absolute Gasteiger partial charge is 0.345 e. The fraction of sp³-hybridized carbons (Fsp3) is 0.579. The van der Waals surface area contributed by atoms with Crippen molar-refractivity contribution in [1.29, 1.82) is 0 Å². The number of hydrogen-bond donors (Lipinski definition) is 1. The van der Waals surface area contributed by atoms with Gasteiger partial charge in [-0.05, 0) is 18.3 Å². The molecule has 2 rings (SSSR count). The van der Waals surface area contributed by atoms with E-state index in [1.807, 2.05) is 0 Å². The average Bonchev–Trinajstić information content (AvgIpc) is 2.68. The second-order valence-electron chi connectivity index (χ2n) is 7.00. The molecule has 0 bridgehead atoms. The van der Waals surface area contributed by atoms with Crippen LogP contribution in [0.4, 0.5) is 5.69 Å². The zero-order chi connectivity index (χ0) is 20.8. The van der Waals surface area contributed by atoms with Crippen LogP contribution < -0.4 is 14.8 Å². The Morgan fingerprint density at radius 3 is 2.43 bits per heavy atom. The predicted molar refractivity (Wildman–Crippen MR) is 101 cm³/mol. The van der Waals surface area contributed by atoms with Gasteiger partial charge in [-0.2, -0.15) is 0 Å². The van der Waals surface area contributed by atoms with Gasteiger partial charge >= 0.3 is 5.97 Å². The maximum atomic E-state index is 12.3. The molecule has 3 atom stereocenters.